The Kier molecular flexibility index (Phi) is 18.6. The number of aldehydes is 2. The van der Waals surface area contributed by atoms with E-state index in [0.717, 1.165) is 151 Å². The van der Waals surface area contributed by atoms with Gasteiger partial charge in [-0.3, -0.25) is 4.79 Å². The lowest BCUT2D eigenvalue weighted by molar-refractivity contribution is -0.201. The van der Waals surface area contributed by atoms with Gasteiger partial charge in [0.25, 0.3) is 0 Å². The summed E-state index contributed by atoms with van der Waals surface area (Å²) in [5, 5.41) is 64.7. The zero-order valence-electron chi connectivity index (χ0n) is 63.6. The molecule has 1 saturated heterocycles. The van der Waals surface area contributed by atoms with E-state index in [4.69, 9.17) is 23.0 Å². The van der Waals surface area contributed by atoms with Crippen LogP contribution in [0.3, 0.4) is 0 Å². The summed E-state index contributed by atoms with van der Waals surface area (Å²) in [6, 6.07) is 0. The van der Waals surface area contributed by atoms with Crippen molar-refractivity contribution in [3.8, 4) is 0 Å². The minimum Gasteiger partial charge on any atom is -0.515 e. The lowest BCUT2D eigenvalue weighted by Gasteiger charge is -2.62. The van der Waals surface area contributed by atoms with Gasteiger partial charge >= 0.3 is 0 Å². The minimum atomic E-state index is -0.674. The first-order valence-electron chi connectivity index (χ1n) is 40.0. The van der Waals surface area contributed by atoms with E-state index in [0.29, 0.717) is 78.1 Å². The molecule has 0 aromatic carbocycles. The van der Waals surface area contributed by atoms with Gasteiger partial charge in [0.2, 0.25) is 0 Å². The Morgan fingerprint density at radius 2 is 0.922 bits per heavy atom. The fourth-order valence-electron chi connectivity index (χ4n) is 28.1. The number of ether oxygens (including phenoxy) is 2. The van der Waals surface area contributed by atoms with Crippen molar-refractivity contribution < 1.29 is 63.0 Å². The smallest absolute Gasteiger partial charge is 0.163 e. The molecule has 103 heavy (non-hydrogen) atoms. The number of nitrogens with zero attached hydrogens (tertiary/aromatic N) is 3. The molecule has 0 bridgehead atoms. The zero-order valence-corrected chi connectivity index (χ0v) is 63.6. The molecule has 2 unspecified atom stereocenters. The fourth-order valence-corrected chi connectivity index (χ4v) is 28.1. The van der Waals surface area contributed by atoms with Crippen LogP contribution in [-0.2, 0) is 62.4 Å². The molecule has 15 aliphatic rings. The molecule has 1 aliphatic heterocycles. The van der Waals surface area contributed by atoms with Gasteiger partial charge in [-0.05, 0) is 275 Å². The van der Waals surface area contributed by atoms with E-state index >= 15 is 0 Å². The third-order valence-electron chi connectivity index (χ3n) is 34.6. The van der Waals surface area contributed by atoms with Crippen molar-refractivity contribution >= 4 is 18.4 Å². The van der Waals surface area contributed by atoms with Crippen molar-refractivity contribution in [3.05, 3.63) is 113 Å². The Morgan fingerprint density at radius 3 is 1.47 bits per heavy atom. The molecule has 0 radical (unpaired) electrons. The van der Waals surface area contributed by atoms with Crippen LogP contribution in [0.25, 0.3) is 0 Å². The molecule has 3 aromatic rings. The van der Waals surface area contributed by atoms with Crippen molar-refractivity contribution in [1.29, 1.82) is 0 Å². The van der Waals surface area contributed by atoms with Crippen LogP contribution < -0.4 is 0 Å². The summed E-state index contributed by atoms with van der Waals surface area (Å²) in [6.07, 6.45) is 30.9. The van der Waals surface area contributed by atoms with E-state index in [1.807, 2.05) is 13.8 Å². The van der Waals surface area contributed by atoms with Crippen molar-refractivity contribution in [2.45, 2.75) is 254 Å². The number of hydrogen-bond acceptors (Lipinski definition) is 16. The van der Waals surface area contributed by atoms with Crippen LogP contribution in [0.2, 0.25) is 0 Å². The average Bonchev–Trinajstić information content (AvgIpc) is 1.57. The Hall–Kier alpha value is -5.10. The number of Topliss-reactive ketones (excluding diaryl/α,β-unsaturated/α-hetero) is 1. The van der Waals surface area contributed by atoms with Gasteiger partial charge in [-0.25, -0.2) is 0 Å². The number of aliphatic hydroxyl groups is 5. The maximum absolute atomic E-state index is 12.7. The van der Waals surface area contributed by atoms with Crippen LogP contribution >= 0.6 is 0 Å². The summed E-state index contributed by atoms with van der Waals surface area (Å²) in [6.45, 7) is 40.5. The van der Waals surface area contributed by atoms with Crippen LogP contribution in [0.5, 0.6) is 0 Å². The Balaban J connectivity index is 0.000000111. The van der Waals surface area contributed by atoms with Gasteiger partial charge in [0.05, 0.1) is 47.8 Å². The largest absolute Gasteiger partial charge is 0.515 e. The third kappa shape index (κ3) is 11.1. The summed E-state index contributed by atoms with van der Waals surface area (Å²) in [5.41, 5.74) is 12.8. The quantitative estimate of drug-likeness (QED) is 0.0666. The minimum absolute atomic E-state index is 0.00635. The molecule has 0 spiro atoms. The second kappa shape index (κ2) is 26.1. The number of carbonyl (C=O) groups is 3. The van der Waals surface area contributed by atoms with Crippen molar-refractivity contribution in [2.24, 2.45) is 138 Å². The first-order chi connectivity index (χ1) is 48.8. The predicted molar refractivity (Wildman–Crippen MR) is 390 cm³/mol. The predicted octanol–water partition coefficient (Wildman–Crippen LogP) is 15.2. The SMILES string of the molecule is C=C1CC[C@H]2C3[C@@H](O)[C@H](O)[C@H]4Cc5nocc5C[C@]4(C)[C@H]3CC[C@]12C.C=C1CC[C@H]2C3[C@H]4OC(C)(C)O[C@@H]4[C@H]4CC(=O)C(=CO)C[C@]4(C)[C@H]3CC[C@]12C.C=C1CC[C@H]2[C@H](C=O)[C@@H]([C@@]3(C)Cc4conc4C[C@@H]3C=O)CC[C@]12C.C=C1CC[C@H]2[C@H](CO)[C@@H]([C@@]3(C)Cc4conc4C[C@@H]3CO)CC[C@]12C. The molecule has 14 aliphatic carbocycles. The van der Waals surface area contributed by atoms with E-state index < -0.39 is 18.0 Å². The number of hydrogen-bond donors (Lipinski definition) is 5. The second-order valence-electron chi connectivity index (χ2n) is 38.8. The van der Waals surface area contributed by atoms with E-state index in [-0.39, 0.29) is 116 Å². The van der Waals surface area contributed by atoms with Crippen molar-refractivity contribution in [2.75, 3.05) is 13.2 Å². The first-order valence-corrected chi connectivity index (χ1v) is 40.0. The lowest BCUT2D eigenvalue weighted by atomic mass is 9.43. The number of aliphatic hydroxyl groups excluding tert-OH is 5. The lowest BCUT2D eigenvalue weighted by Crippen LogP contribution is -2.64. The number of aromatic nitrogens is 3. The molecule has 4 heterocycles. The van der Waals surface area contributed by atoms with Crippen molar-refractivity contribution in [1.82, 2.24) is 15.5 Å². The standard InChI is InChI=1S/C24H34O4.C21H29NO3.C21H31NO3.C21H27NO3/c1-13-6-7-15-19-16(8-9-23(13,15)4)24(5)11-14(12-25)18(26)10-17(24)20-21(19)28-22(2,3)27-20;1-11-4-5-13-17-14(6-7-20(11,13)2)21(3)9-12-10-25-22-16(12)8-15(21)18(23)19(17)24;2*1-13-4-5-17-16(11-24)18(6-7-20(13,17)2)21(3)9-14-12-25-22-19(14)8-15(21)10-23/h12,15-17,19-21,25H,1,6-11H2,2-5H3;10,13-15,17-19,23-24H,1,4-9H2,2-3H3;12,15-18,23-24H,1,4-11H2,2-3H3;10-12,15-18H,1,4-9H2,2-3H3/t15-,16-,17+,19?,20+,21+,23+,24+;13-,14-,15+,17?,18+,19+,20+,21+;2*15-,16+,17+,18+,20-,21+/m0011/s1. The van der Waals surface area contributed by atoms with Crippen LogP contribution in [-0.4, -0.2) is 103 Å². The van der Waals surface area contributed by atoms with E-state index in [2.05, 4.69) is 97.2 Å². The highest BCUT2D eigenvalue weighted by Crippen LogP contribution is 2.72. The van der Waals surface area contributed by atoms with Gasteiger partial charge in [0.15, 0.2) is 11.6 Å². The van der Waals surface area contributed by atoms with Gasteiger partial charge in [-0.1, -0.05) is 119 Å². The number of fused-ring (bicyclic) bond motifs is 18. The molecule has 5 N–H and O–H groups in total. The number of rotatable bonds is 6. The molecule has 3 aromatic heterocycles. The summed E-state index contributed by atoms with van der Waals surface area (Å²) in [4.78, 5) is 36.8. The summed E-state index contributed by atoms with van der Waals surface area (Å²) >= 11 is 0. The molecule has 28 atom stereocenters. The Labute approximate surface area is 611 Å². The van der Waals surface area contributed by atoms with Gasteiger partial charge in [0, 0.05) is 66.1 Å². The highest BCUT2D eigenvalue weighted by Gasteiger charge is 2.70. The summed E-state index contributed by atoms with van der Waals surface area (Å²) in [5.74, 6) is 4.15. The third-order valence-corrected chi connectivity index (χ3v) is 34.6. The maximum atomic E-state index is 12.7. The molecular formula is C87H121N3O13. The molecule has 16 nitrogen and oxygen atoms in total. The highest BCUT2D eigenvalue weighted by molar-refractivity contribution is 5.96. The summed E-state index contributed by atoms with van der Waals surface area (Å²) in [7, 11) is 0. The van der Waals surface area contributed by atoms with Crippen LogP contribution in [0, 0.1) is 138 Å². The van der Waals surface area contributed by atoms with Gasteiger partial charge in [-0.15, -0.1) is 0 Å². The fraction of sp³-hybridized carbons (Fsp3) is 0.747. The molecule has 18 rings (SSSR count). The molecule has 16 heteroatoms. The van der Waals surface area contributed by atoms with E-state index in [9.17, 15) is 39.9 Å². The Bertz CT molecular complexity index is 3850. The van der Waals surface area contributed by atoms with Gasteiger partial charge in [0.1, 0.15) is 31.4 Å². The van der Waals surface area contributed by atoms with Crippen LogP contribution in [0.4, 0.5) is 0 Å². The second-order valence-corrected chi connectivity index (χ2v) is 38.8. The number of allylic oxidation sites excluding steroid dienone is 5. The first kappa shape index (κ1) is 73.4. The van der Waals surface area contributed by atoms with E-state index in [1.165, 1.54) is 59.0 Å². The number of ketones is 1. The monoisotopic (exact) mass is 1420 g/mol. The van der Waals surface area contributed by atoms with Crippen molar-refractivity contribution in [3.63, 3.8) is 0 Å². The Morgan fingerprint density at radius 1 is 0.466 bits per heavy atom. The molecular weight excluding hydrogens is 1290 g/mol. The molecule has 11 saturated carbocycles. The number of carbonyl (C=O) groups excluding carboxylic acids is 3. The topological polar surface area (TPSA) is 249 Å². The molecule has 12 fully saturated rings. The highest BCUT2D eigenvalue weighted by atomic mass is 16.8. The van der Waals surface area contributed by atoms with Gasteiger partial charge in [-0.2, -0.15) is 0 Å². The molecule has 0 amide bonds. The average molecular weight is 1420 g/mol. The maximum Gasteiger partial charge on any atom is 0.163 e. The van der Waals surface area contributed by atoms with Crippen LogP contribution in [0.15, 0.2) is 92.8 Å². The normalized spacial score (nSPS) is 48.2. The molecule has 562 valence electrons. The summed E-state index contributed by atoms with van der Waals surface area (Å²) < 4.78 is 28.6. The van der Waals surface area contributed by atoms with Crippen LogP contribution in [0.1, 0.15) is 219 Å². The van der Waals surface area contributed by atoms with Gasteiger partial charge < -0.3 is 58.2 Å². The van der Waals surface area contributed by atoms with E-state index in [1.54, 1.807) is 18.8 Å². The zero-order chi connectivity index (χ0) is 73.3.